The van der Waals surface area contributed by atoms with Gasteiger partial charge < -0.3 is 19.7 Å². The maximum atomic E-state index is 11.6. The summed E-state index contributed by atoms with van der Waals surface area (Å²) in [6.07, 6.45) is 0.245. The van der Waals surface area contributed by atoms with Crippen molar-refractivity contribution in [3.8, 4) is 11.5 Å². The summed E-state index contributed by atoms with van der Waals surface area (Å²) in [4.78, 5) is 23.4. The summed E-state index contributed by atoms with van der Waals surface area (Å²) < 4.78 is 10.9. The molecular formula is C20H26ClN3O5. The molecule has 0 heterocycles. The average molecular weight is 424 g/mol. The SMILES string of the molecule is CCNC(CCOc1cccc([N+](=O)[O-])c1)c1ccc(OC(=O)N(C)C)cc1.Cl. The summed E-state index contributed by atoms with van der Waals surface area (Å²) in [6.45, 7) is 3.19. The second-order valence-electron chi connectivity index (χ2n) is 6.33. The number of amides is 1. The maximum absolute atomic E-state index is 11.6. The zero-order chi connectivity index (χ0) is 20.5. The molecule has 0 aliphatic rings. The number of hydrogen-bond acceptors (Lipinski definition) is 6. The summed E-state index contributed by atoms with van der Waals surface area (Å²) in [5.74, 6) is 0.945. The third-order valence-corrected chi connectivity index (χ3v) is 4.01. The number of nitrogens with zero attached hydrogens (tertiary/aromatic N) is 2. The van der Waals surface area contributed by atoms with Gasteiger partial charge in [-0.2, -0.15) is 0 Å². The highest BCUT2D eigenvalue weighted by molar-refractivity contribution is 5.85. The molecule has 2 aromatic carbocycles. The number of halogens is 1. The van der Waals surface area contributed by atoms with Crippen LogP contribution in [0.25, 0.3) is 0 Å². The predicted molar refractivity (Wildman–Crippen MR) is 113 cm³/mol. The Labute approximate surface area is 176 Å². The molecule has 158 valence electrons. The van der Waals surface area contributed by atoms with E-state index in [1.807, 2.05) is 19.1 Å². The fourth-order valence-corrected chi connectivity index (χ4v) is 2.57. The first-order valence-electron chi connectivity index (χ1n) is 9.00. The van der Waals surface area contributed by atoms with E-state index >= 15 is 0 Å². The quantitative estimate of drug-likeness (QED) is 0.480. The Bertz CT molecular complexity index is 799. The van der Waals surface area contributed by atoms with Crippen molar-refractivity contribution < 1.29 is 19.2 Å². The van der Waals surface area contributed by atoms with Gasteiger partial charge in [-0.3, -0.25) is 10.1 Å². The topological polar surface area (TPSA) is 93.9 Å². The molecule has 1 atom stereocenters. The third-order valence-electron chi connectivity index (χ3n) is 4.01. The first-order chi connectivity index (χ1) is 13.4. The molecule has 1 unspecified atom stereocenters. The van der Waals surface area contributed by atoms with Crippen LogP contribution in [0.2, 0.25) is 0 Å². The smallest absolute Gasteiger partial charge is 0.414 e. The van der Waals surface area contributed by atoms with E-state index in [0.717, 1.165) is 12.1 Å². The van der Waals surface area contributed by atoms with E-state index in [-0.39, 0.29) is 24.1 Å². The van der Waals surface area contributed by atoms with Gasteiger partial charge in [-0.1, -0.05) is 25.1 Å². The van der Waals surface area contributed by atoms with Gasteiger partial charge in [0.2, 0.25) is 0 Å². The summed E-state index contributed by atoms with van der Waals surface area (Å²) in [7, 11) is 3.25. The fourth-order valence-electron chi connectivity index (χ4n) is 2.57. The number of nitro benzene ring substituents is 1. The molecule has 0 fully saturated rings. The lowest BCUT2D eigenvalue weighted by molar-refractivity contribution is -0.384. The predicted octanol–water partition coefficient (Wildman–Crippen LogP) is 4.20. The van der Waals surface area contributed by atoms with E-state index in [1.54, 1.807) is 38.4 Å². The first-order valence-corrected chi connectivity index (χ1v) is 9.00. The molecule has 0 bridgehead atoms. The van der Waals surface area contributed by atoms with Gasteiger partial charge in [0.1, 0.15) is 11.5 Å². The van der Waals surface area contributed by atoms with Crippen molar-refractivity contribution in [2.45, 2.75) is 19.4 Å². The Morgan fingerprint density at radius 3 is 2.45 bits per heavy atom. The Kier molecular flexibility index (Phi) is 9.91. The van der Waals surface area contributed by atoms with Gasteiger partial charge in [-0.05, 0) is 30.3 Å². The zero-order valence-electron chi connectivity index (χ0n) is 16.7. The van der Waals surface area contributed by atoms with Crippen LogP contribution in [0, 0.1) is 10.1 Å². The van der Waals surface area contributed by atoms with Gasteiger partial charge in [0.15, 0.2) is 0 Å². The lowest BCUT2D eigenvalue weighted by Crippen LogP contribution is -2.25. The van der Waals surface area contributed by atoms with Crippen molar-refractivity contribution in [2.75, 3.05) is 27.2 Å². The van der Waals surface area contributed by atoms with Crippen LogP contribution in [0.4, 0.5) is 10.5 Å². The van der Waals surface area contributed by atoms with E-state index in [9.17, 15) is 14.9 Å². The maximum Gasteiger partial charge on any atom is 0.414 e. The van der Waals surface area contributed by atoms with E-state index in [4.69, 9.17) is 9.47 Å². The summed E-state index contributed by atoms with van der Waals surface area (Å²) in [5.41, 5.74) is 1.04. The highest BCUT2D eigenvalue weighted by Crippen LogP contribution is 2.23. The summed E-state index contributed by atoms with van der Waals surface area (Å²) in [5, 5.41) is 14.2. The lowest BCUT2D eigenvalue weighted by atomic mass is 10.0. The number of nitrogens with one attached hydrogen (secondary N) is 1. The van der Waals surface area contributed by atoms with Crippen LogP contribution >= 0.6 is 12.4 Å². The molecular weight excluding hydrogens is 398 g/mol. The van der Waals surface area contributed by atoms with E-state index in [2.05, 4.69) is 5.32 Å². The largest absolute Gasteiger partial charge is 0.493 e. The van der Waals surface area contributed by atoms with Gasteiger partial charge >= 0.3 is 6.09 Å². The van der Waals surface area contributed by atoms with Crippen molar-refractivity contribution >= 4 is 24.2 Å². The highest BCUT2D eigenvalue weighted by atomic mass is 35.5. The molecule has 0 radical (unpaired) electrons. The molecule has 2 rings (SSSR count). The van der Waals surface area contributed by atoms with Gasteiger partial charge in [0.25, 0.3) is 5.69 Å². The lowest BCUT2D eigenvalue weighted by Gasteiger charge is -2.19. The van der Waals surface area contributed by atoms with Crippen LogP contribution in [-0.2, 0) is 0 Å². The van der Waals surface area contributed by atoms with Crippen molar-refractivity contribution in [1.82, 2.24) is 10.2 Å². The van der Waals surface area contributed by atoms with Crippen molar-refractivity contribution in [2.24, 2.45) is 0 Å². The number of non-ortho nitro benzene ring substituents is 1. The van der Waals surface area contributed by atoms with Crippen LogP contribution in [0.5, 0.6) is 11.5 Å². The molecule has 1 amide bonds. The Balaban J connectivity index is 0.00000420. The van der Waals surface area contributed by atoms with Crippen LogP contribution in [0.1, 0.15) is 24.9 Å². The fraction of sp³-hybridized carbons (Fsp3) is 0.350. The molecule has 9 heteroatoms. The number of nitro groups is 1. The van der Waals surface area contributed by atoms with Crippen LogP contribution in [-0.4, -0.2) is 43.2 Å². The molecule has 29 heavy (non-hydrogen) atoms. The Morgan fingerprint density at radius 1 is 1.17 bits per heavy atom. The molecule has 0 aromatic heterocycles. The summed E-state index contributed by atoms with van der Waals surface area (Å²) in [6, 6.07) is 13.5. The number of rotatable bonds is 9. The number of benzene rings is 2. The van der Waals surface area contributed by atoms with E-state index in [0.29, 0.717) is 24.5 Å². The van der Waals surface area contributed by atoms with E-state index < -0.39 is 11.0 Å². The normalized spacial score (nSPS) is 11.1. The minimum atomic E-state index is -0.445. The molecule has 8 nitrogen and oxygen atoms in total. The summed E-state index contributed by atoms with van der Waals surface area (Å²) >= 11 is 0. The average Bonchev–Trinajstić information content (AvgIpc) is 2.68. The molecule has 0 spiro atoms. The first kappa shape index (κ1) is 24.2. The third kappa shape index (κ3) is 7.59. The van der Waals surface area contributed by atoms with Crippen LogP contribution < -0.4 is 14.8 Å². The van der Waals surface area contributed by atoms with Crippen LogP contribution in [0.3, 0.4) is 0 Å². The second-order valence-corrected chi connectivity index (χ2v) is 6.33. The van der Waals surface area contributed by atoms with Crippen molar-refractivity contribution in [3.05, 3.63) is 64.2 Å². The second kappa shape index (κ2) is 11.9. The van der Waals surface area contributed by atoms with Crippen molar-refractivity contribution in [1.29, 1.82) is 0 Å². The molecule has 1 N–H and O–H groups in total. The van der Waals surface area contributed by atoms with Gasteiger partial charge in [-0.25, -0.2) is 4.79 Å². The number of hydrogen-bond donors (Lipinski definition) is 1. The van der Waals surface area contributed by atoms with Crippen LogP contribution in [0.15, 0.2) is 48.5 Å². The monoisotopic (exact) mass is 423 g/mol. The number of ether oxygens (including phenoxy) is 2. The number of carbonyl (C=O) groups excluding carboxylic acids is 1. The van der Waals surface area contributed by atoms with Gasteiger partial charge in [-0.15, -0.1) is 12.4 Å². The molecule has 0 saturated carbocycles. The minimum Gasteiger partial charge on any atom is -0.493 e. The van der Waals surface area contributed by atoms with Gasteiger partial charge in [0, 0.05) is 32.6 Å². The van der Waals surface area contributed by atoms with E-state index in [1.165, 1.54) is 17.0 Å². The Hall–Kier alpha value is -2.84. The molecule has 0 aliphatic heterocycles. The Morgan fingerprint density at radius 2 is 1.86 bits per heavy atom. The standard InChI is InChI=1S/C20H25N3O5.ClH/c1-4-21-19(12-13-27-18-7-5-6-16(14-18)23(25)26)15-8-10-17(11-9-15)28-20(24)22(2)3;/h5-11,14,19,21H,4,12-13H2,1-3H3;1H. The highest BCUT2D eigenvalue weighted by Gasteiger charge is 2.13. The molecule has 0 aliphatic carbocycles. The molecule has 2 aromatic rings. The molecule has 0 saturated heterocycles. The zero-order valence-corrected chi connectivity index (χ0v) is 17.5. The minimum absolute atomic E-state index is 0. The van der Waals surface area contributed by atoms with Gasteiger partial charge in [0.05, 0.1) is 17.6 Å². The number of carbonyl (C=O) groups is 1. The van der Waals surface area contributed by atoms with Crippen molar-refractivity contribution in [3.63, 3.8) is 0 Å².